The average molecular weight is 328 g/mol. The molecule has 0 amide bonds. The molecule has 1 spiro atoms. The van der Waals surface area contributed by atoms with Crippen LogP contribution in [0.3, 0.4) is 0 Å². The summed E-state index contributed by atoms with van der Waals surface area (Å²) in [6, 6.07) is 0. The highest BCUT2D eigenvalue weighted by Crippen LogP contribution is 2.88. The van der Waals surface area contributed by atoms with Gasteiger partial charge in [0.15, 0.2) is 0 Å². The number of carbonyl (C=O) groups is 1. The predicted molar refractivity (Wildman–Crippen MR) is 92.0 cm³/mol. The molecule has 0 N–H and O–H groups in total. The van der Waals surface area contributed by atoms with E-state index in [2.05, 4.69) is 27.7 Å². The number of hydrogen-bond donors (Lipinski definition) is 0. The summed E-state index contributed by atoms with van der Waals surface area (Å²) >= 11 is 0. The normalized spacial score (nSPS) is 61.2. The zero-order valence-electron chi connectivity index (χ0n) is 15.7. The van der Waals surface area contributed by atoms with E-state index in [0.717, 1.165) is 41.9 Å². The first kappa shape index (κ1) is 14.6. The molecule has 0 aliphatic heterocycles. The lowest BCUT2D eigenvalue weighted by molar-refractivity contribution is -0.224. The molecule has 0 aromatic rings. The van der Waals surface area contributed by atoms with Gasteiger partial charge in [-0.25, -0.2) is 0 Å². The molecule has 0 radical (unpaired) electrons. The minimum Gasteiger partial charge on any atom is -0.458 e. The predicted octanol–water partition coefficient (Wildman–Crippen LogP) is 4.67. The zero-order valence-corrected chi connectivity index (χ0v) is 15.7. The van der Waals surface area contributed by atoms with Crippen LogP contribution in [0.2, 0.25) is 0 Å². The summed E-state index contributed by atoms with van der Waals surface area (Å²) in [5.41, 5.74) is 0.211. The summed E-state index contributed by atoms with van der Waals surface area (Å²) in [4.78, 5) is 13.0. The van der Waals surface area contributed by atoms with E-state index < -0.39 is 0 Å². The molecule has 0 heterocycles. The Bertz CT molecular complexity index is 638. The van der Waals surface area contributed by atoms with E-state index in [4.69, 9.17) is 4.74 Å². The fourth-order valence-corrected chi connectivity index (χ4v) is 9.46. The summed E-state index contributed by atoms with van der Waals surface area (Å²) in [5, 5.41) is 0. The van der Waals surface area contributed by atoms with Crippen LogP contribution in [0, 0.1) is 58.2 Å². The van der Waals surface area contributed by atoms with Crippen LogP contribution in [0.1, 0.15) is 66.2 Å². The van der Waals surface area contributed by atoms with Crippen molar-refractivity contribution < 1.29 is 9.53 Å². The Kier molecular flexibility index (Phi) is 2.38. The van der Waals surface area contributed by atoms with E-state index in [9.17, 15) is 4.79 Å². The molecule has 10 atom stereocenters. The van der Waals surface area contributed by atoms with Gasteiger partial charge in [-0.3, -0.25) is 4.79 Å². The number of hydrogen-bond acceptors (Lipinski definition) is 2. The lowest BCUT2D eigenvalue weighted by Gasteiger charge is -2.63. The Morgan fingerprint density at radius 3 is 2.54 bits per heavy atom. The third kappa shape index (κ3) is 1.26. The van der Waals surface area contributed by atoms with Crippen molar-refractivity contribution in [1.82, 2.24) is 0 Å². The SMILES string of the molecule is CCC(C)(C)C(=O)OC1(C)C2CC3C4CC5CC6C1C3C4(C5)C6C2. The second-order valence-corrected chi connectivity index (χ2v) is 11.2. The van der Waals surface area contributed by atoms with Crippen molar-refractivity contribution in [3.05, 3.63) is 0 Å². The molecule has 0 aromatic heterocycles. The van der Waals surface area contributed by atoms with Gasteiger partial charge in [0.25, 0.3) is 0 Å². The Morgan fingerprint density at radius 1 is 1.08 bits per heavy atom. The minimum absolute atomic E-state index is 0.0642. The summed E-state index contributed by atoms with van der Waals surface area (Å²) in [5.74, 6) is 7.24. The highest BCUT2D eigenvalue weighted by atomic mass is 16.6. The van der Waals surface area contributed by atoms with Gasteiger partial charge in [0.2, 0.25) is 0 Å². The van der Waals surface area contributed by atoms with Gasteiger partial charge in [-0.2, -0.15) is 0 Å². The number of fused-ring (bicyclic) bond motifs is 3. The number of esters is 1. The van der Waals surface area contributed by atoms with Crippen LogP contribution >= 0.6 is 0 Å². The van der Waals surface area contributed by atoms with Gasteiger partial charge in [0.1, 0.15) is 5.60 Å². The van der Waals surface area contributed by atoms with Gasteiger partial charge >= 0.3 is 5.97 Å². The maximum atomic E-state index is 13.0. The molecule has 6 saturated carbocycles. The molecule has 6 rings (SSSR count). The molecular formula is C22H32O2. The van der Waals surface area contributed by atoms with Crippen LogP contribution in [-0.2, 0) is 9.53 Å². The smallest absolute Gasteiger partial charge is 0.312 e. The van der Waals surface area contributed by atoms with Crippen molar-refractivity contribution in [3.63, 3.8) is 0 Å². The van der Waals surface area contributed by atoms with Crippen molar-refractivity contribution in [1.29, 1.82) is 0 Å². The Labute approximate surface area is 146 Å². The van der Waals surface area contributed by atoms with Crippen molar-refractivity contribution in [2.75, 3.05) is 0 Å². The van der Waals surface area contributed by atoms with Crippen molar-refractivity contribution >= 4 is 5.97 Å². The summed E-state index contributed by atoms with van der Waals surface area (Å²) < 4.78 is 6.48. The van der Waals surface area contributed by atoms with Crippen LogP contribution < -0.4 is 0 Å². The standard InChI is InChI=1S/C22H32O2/c1-5-20(2,3)19(23)24-21(4)12-8-14-15-7-11-6-13-16(9-12)22(15,10-11)18(14)17(13)21/h11-18H,5-10H2,1-4H3. The third-order valence-electron chi connectivity index (χ3n) is 10.5. The first-order valence-corrected chi connectivity index (χ1v) is 10.6. The summed E-state index contributed by atoms with van der Waals surface area (Å²) in [6.07, 6.45) is 8.13. The molecule has 0 aromatic carbocycles. The fourth-order valence-electron chi connectivity index (χ4n) is 9.46. The number of carbonyl (C=O) groups excluding carboxylic acids is 1. The molecule has 132 valence electrons. The second-order valence-electron chi connectivity index (χ2n) is 11.2. The van der Waals surface area contributed by atoms with Crippen molar-refractivity contribution in [3.8, 4) is 0 Å². The molecule has 2 nitrogen and oxygen atoms in total. The van der Waals surface area contributed by atoms with Crippen LogP contribution in [0.4, 0.5) is 0 Å². The first-order valence-electron chi connectivity index (χ1n) is 10.6. The molecule has 6 fully saturated rings. The van der Waals surface area contributed by atoms with Crippen LogP contribution in [0.15, 0.2) is 0 Å². The number of rotatable bonds is 3. The average Bonchev–Trinajstić information content (AvgIpc) is 2.71. The molecule has 6 aliphatic carbocycles. The van der Waals surface area contributed by atoms with E-state index in [1.165, 1.54) is 25.7 Å². The molecule has 2 heteroatoms. The van der Waals surface area contributed by atoms with Crippen molar-refractivity contribution in [2.24, 2.45) is 58.2 Å². The van der Waals surface area contributed by atoms with Crippen LogP contribution in [-0.4, -0.2) is 11.6 Å². The van der Waals surface area contributed by atoms with Gasteiger partial charge in [-0.1, -0.05) is 6.92 Å². The lowest BCUT2D eigenvalue weighted by atomic mass is 9.43. The molecule has 24 heavy (non-hydrogen) atoms. The van der Waals surface area contributed by atoms with Gasteiger partial charge in [0.05, 0.1) is 5.41 Å². The van der Waals surface area contributed by atoms with E-state index in [-0.39, 0.29) is 17.0 Å². The number of ether oxygens (including phenoxy) is 1. The molecule has 6 bridgehead atoms. The largest absolute Gasteiger partial charge is 0.458 e. The molecular weight excluding hydrogens is 296 g/mol. The maximum Gasteiger partial charge on any atom is 0.312 e. The van der Waals surface area contributed by atoms with Gasteiger partial charge in [0, 0.05) is 5.92 Å². The summed E-state index contributed by atoms with van der Waals surface area (Å²) in [7, 11) is 0. The third-order valence-corrected chi connectivity index (χ3v) is 10.5. The summed E-state index contributed by atoms with van der Waals surface area (Å²) in [6.45, 7) is 8.57. The maximum absolute atomic E-state index is 13.0. The topological polar surface area (TPSA) is 26.3 Å². The van der Waals surface area contributed by atoms with Gasteiger partial charge < -0.3 is 4.74 Å². The van der Waals surface area contributed by atoms with Crippen molar-refractivity contribution in [2.45, 2.75) is 71.8 Å². The Balaban J connectivity index is 1.41. The fraction of sp³-hybridized carbons (Fsp3) is 0.955. The second kappa shape index (κ2) is 3.91. The van der Waals surface area contributed by atoms with E-state index >= 15 is 0 Å². The highest BCUT2D eigenvalue weighted by Gasteiger charge is 2.85. The van der Waals surface area contributed by atoms with E-state index in [0.29, 0.717) is 17.3 Å². The van der Waals surface area contributed by atoms with Gasteiger partial charge in [-0.15, -0.1) is 0 Å². The lowest BCUT2D eigenvalue weighted by Crippen LogP contribution is -2.63. The Hall–Kier alpha value is -0.530. The van der Waals surface area contributed by atoms with E-state index in [1.54, 1.807) is 6.42 Å². The van der Waals surface area contributed by atoms with Crippen LogP contribution in [0.5, 0.6) is 0 Å². The van der Waals surface area contributed by atoms with E-state index in [1.807, 2.05) is 0 Å². The monoisotopic (exact) mass is 328 g/mol. The minimum atomic E-state index is -0.337. The van der Waals surface area contributed by atoms with Crippen LogP contribution in [0.25, 0.3) is 0 Å². The molecule has 6 aliphatic rings. The Morgan fingerprint density at radius 2 is 1.79 bits per heavy atom. The zero-order chi connectivity index (χ0) is 16.6. The first-order chi connectivity index (χ1) is 11.3. The van der Waals surface area contributed by atoms with Gasteiger partial charge in [-0.05, 0) is 106 Å². The quantitative estimate of drug-likeness (QED) is 0.704. The molecule has 10 unspecified atom stereocenters. The highest BCUT2D eigenvalue weighted by molar-refractivity contribution is 5.76. The molecule has 0 saturated heterocycles.